The predicted octanol–water partition coefficient (Wildman–Crippen LogP) is 2.05. The number of benzene rings is 1. The number of ether oxygens (including phenoxy) is 1. The Bertz CT molecular complexity index is 635. The van der Waals surface area contributed by atoms with Crippen LogP contribution < -0.4 is 11.1 Å². The van der Waals surface area contributed by atoms with E-state index in [0.717, 1.165) is 30.2 Å². The lowest BCUT2D eigenvalue weighted by Crippen LogP contribution is -2.33. The van der Waals surface area contributed by atoms with Gasteiger partial charge in [-0.25, -0.2) is 0 Å². The molecule has 0 bridgehead atoms. The van der Waals surface area contributed by atoms with Crippen molar-refractivity contribution in [1.82, 2.24) is 10.3 Å². The van der Waals surface area contributed by atoms with Crippen molar-refractivity contribution in [3.8, 4) is 0 Å². The zero-order valence-electron chi connectivity index (χ0n) is 11.5. The minimum absolute atomic E-state index is 0.0522. The molecule has 1 fully saturated rings. The van der Waals surface area contributed by atoms with Crippen molar-refractivity contribution in [2.45, 2.75) is 31.4 Å². The maximum absolute atomic E-state index is 12.4. The number of carbonyl (C=O) groups is 1. The molecule has 0 spiro atoms. The summed E-state index contributed by atoms with van der Waals surface area (Å²) in [5.74, 6) is -0.0522. The number of fused-ring (bicyclic) bond motifs is 1. The highest BCUT2D eigenvalue weighted by Crippen LogP contribution is 2.24. The molecule has 20 heavy (non-hydrogen) atoms. The molecule has 4 N–H and O–H groups in total. The number of nitrogen functional groups attached to an aromatic ring is 1. The van der Waals surface area contributed by atoms with Crippen LogP contribution >= 0.6 is 0 Å². The molecule has 0 aliphatic heterocycles. The second kappa shape index (κ2) is 5.17. The summed E-state index contributed by atoms with van der Waals surface area (Å²) in [6.07, 6.45) is 4.85. The number of carbonyl (C=O) groups excluding carboxylic acids is 1. The van der Waals surface area contributed by atoms with Crippen LogP contribution in [0.4, 0.5) is 5.69 Å². The van der Waals surface area contributed by atoms with Gasteiger partial charge in [-0.1, -0.05) is 0 Å². The fraction of sp³-hybridized carbons (Fsp3) is 0.400. The van der Waals surface area contributed by atoms with E-state index in [1.165, 1.54) is 0 Å². The first-order valence-electron chi connectivity index (χ1n) is 6.87. The standard InChI is InChI=1S/C15H19N3O2/c1-20-11-4-3-10(7-11)18-15(19)13-8-17-14-5-2-9(16)6-12(13)14/h2,5-6,8,10-11,17H,3-4,7,16H2,1H3,(H,18,19). The highest BCUT2D eigenvalue weighted by atomic mass is 16.5. The molecule has 0 radical (unpaired) electrons. The molecule has 2 unspecified atom stereocenters. The van der Waals surface area contributed by atoms with Gasteiger partial charge in [-0.15, -0.1) is 0 Å². The molecule has 5 nitrogen and oxygen atoms in total. The molecule has 1 aliphatic rings. The van der Waals surface area contributed by atoms with Gasteiger partial charge in [0.15, 0.2) is 0 Å². The third-order valence-corrected chi connectivity index (χ3v) is 4.00. The molecular weight excluding hydrogens is 254 g/mol. The average molecular weight is 273 g/mol. The highest BCUT2D eigenvalue weighted by molar-refractivity contribution is 6.07. The number of nitrogens with two attached hydrogens (primary N) is 1. The van der Waals surface area contributed by atoms with Crippen LogP contribution in [0.1, 0.15) is 29.6 Å². The number of hydrogen-bond acceptors (Lipinski definition) is 3. The van der Waals surface area contributed by atoms with Gasteiger partial charge in [-0.05, 0) is 37.5 Å². The first kappa shape index (κ1) is 13.0. The molecule has 1 heterocycles. The van der Waals surface area contributed by atoms with Gasteiger partial charge >= 0.3 is 0 Å². The van der Waals surface area contributed by atoms with Gasteiger partial charge in [0.25, 0.3) is 5.91 Å². The van der Waals surface area contributed by atoms with E-state index in [0.29, 0.717) is 11.3 Å². The van der Waals surface area contributed by atoms with E-state index < -0.39 is 0 Å². The van der Waals surface area contributed by atoms with Gasteiger partial charge in [0.2, 0.25) is 0 Å². The van der Waals surface area contributed by atoms with Gasteiger partial charge in [0, 0.05) is 35.9 Å². The number of anilines is 1. The van der Waals surface area contributed by atoms with Crippen molar-refractivity contribution in [3.05, 3.63) is 30.0 Å². The Morgan fingerprint density at radius 1 is 1.45 bits per heavy atom. The average Bonchev–Trinajstić information content (AvgIpc) is 3.04. The van der Waals surface area contributed by atoms with Gasteiger partial charge in [0.05, 0.1) is 11.7 Å². The fourth-order valence-corrected chi connectivity index (χ4v) is 2.87. The topological polar surface area (TPSA) is 80.1 Å². The molecule has 1 aliphatic carbocycles. The van der Waals surface area contributed by atoms with Crippen LogP contribution in [0.5, 0.6) is 0 Å². The Morgan fingerprint density at radius 2 is 2.30 bits per heavy atom. The summed E-state index contributed by atoms with van der Waals surface area (Å²) in [7, 11) is 1.72. The van der Waals surface area contributed by atoms with Crippen LogP contribution in [0, 0.1) is 0 Å². The Hall–Kier alpha value is -2.01. The Kier molecular flexibility index (Phi) is 3.36. The predicted molar refractivity (Wildman–Crippen MR) is 78.6 cm³/mol. The Morgan fingerprint density at radius 3 is 3.05 bits per heavy atom. The first-order chi connectivity index (χ1) is 9.67. The normalized spacial score (nSPS) is 22.2. The second-order valence-electron chi connectivity index (χ2n) is 5.35. The zero-order valence-corrected chi connectivity index (χ0v) is 11.5. The van der Waals surface area contributed by atoms with Crippen LogP contribution in [0.15, 0.2) is 24.4 Å². The molecule has 2 atom stereocenters. The van der Waals surface area contributed by atoms with Gasteiger partial charge in [-0.2, -0.15) is 0 Å². The van der Waals surface area contributed by atoms with Crippen molar-refractivity contribution in [3.63, 3.8) is 0 Å². The van der Waals surface area contributed by atoms with Crippen molar-refractivity contribution < 1.29 is 9.53 Å². The summed E-state index contributed by atoms with van der Waals surface area (Å²) in [5.41, 5.74) is 8.02. The molecule has 1 saturated carbocycles. The van der Waals surface area contributed by atoms with Gasteiger partial charge in [-0.3, -0.25) is 4.79 Å². The molecule has 106 valence electrons. The SMILES string of the molecule is COC1CCC(NC(=O)c2c[nH]c3ccc(N)cc23)C1. The zero-order chi connectivity index (χ0) is 14.1. The van der Waals surface area contributed by atoms with E-state index >= 15 is 0 Å². The van der Waals surface area contributed by atoms with Gasteiger partial charge in [0.1, 0.15) is 0 Å². The monoisotopic (exact) mass is 273 g/mol. The highest BCUT2D eigenvalue weighted by Gasteiger charge is 2.26. The van der Waals surface area contributed by atoms with Crippen LogP contribution in [-0.4, -0.2) is 30.1 Å². The van der Waals surface area contributed by atoms with E-state index in [9.17, 15) is 4.79 Å². The van der Waals surface area contributed by atoms with Crippen molar-refractivity contribution in [1.29, 1.82) is 0 Å². The quantitative estimate of drug-likeness (QED) is 0.749. The van der Waals surface area contributed by atoms with Crippen LogP contribution in [-0.2, 0) is 4.74 Å². The Labute approximate surface area is 117 Å². The summed E-state index contributed by atoms with van der Waals surface area (Å²) in [4.78, 5) is 15.5. The third-order valence-electron chi connectivity index (χ3n) is 4.00. The van der Waals surface area contributed by atoms with Gasteiger partial charge < -0.3 is 20.8 Å². The van der Waals surface area contributed by atoms with E-state index in [4.69, 9.17) is 10.5 Å². The molecule has 1 aromatic heterocycles. The number of amides is 1. The van der Waals surface area contributed by atoms with Crippen molar-refractivity contribution in [2.24, 2.45) is 0 Å². The summed E-state index contributed by atoms with van der Waals surface area (Å²) < 4.78 is 5.33. The molecule has 1 aromatic carbocycles. The summed E-state index contributed by atoms with van der Waals surface area (Å²) in [6.45, 7) is 0. The molecule has 2 aromatic rings. The van der Waals surface area contributed by atoms with Crippen LogP contribution in [0.25, 0.3) is 10.9 Å². The minimum Gasteiger partial charge on any atom is -0.399 e. The molecule has 0 saturated heterocycles. The molecule has 1 amide bonds. The number of nitrogens with one attached hydrogen (secondary N) is 2. The number of rotatable bonds is 3. The summed E-state index contributed by atoms with van der Waals surface area (Å²) in [5, 5.41) is 3.94. The van der Waals surface area contributed by atoms with Crippen LogP contribution in [0.2, 0.25) is 0 Å². The second-order valence-corrected chi connectivity index (χ2v) is 5.35. The van der Waals surface area contributed by atoms with Crippen molar-refractivity contribution in [2.75, 3.05) is 12.8 Å². The minimum atomic E-state index is -0.0522. The third kappa shape index (κ3) is 2.36. The van der Waals surface area contributed by atoms with E-state index in [1.54, 1.807) is 13.3 Å². The molecule has 3 rings (SSSR count). The summed E-state index contributed by atoms with van der Waals surface area (Å²) in [6, 6.07) is 5.73. The largest absolute Gasteiger partial charge is 0.399 e. The maximum atomic E-state index is 12.4. The first-order valence-corrected chi connectivity index (χ1v) is 6.87. The summed E-state index contributed by atoms with van der Waals surface area (Å²) >= 11 is 0. The lowest BCUT2D eigenvalue weighted by atomic mass is 10.1. The number of hydrogen-bond donors (Lipinski definition) is 3. The molecular formula is C15H19N3O2. The lowest BCUT2D eigenvalue weighted by molar-refractivity contribution is 0.0916. The molecule has 5 heteroatoms. The van der Waals surface area contributed by atoms with Crippen molar-refractivity contribution >= 4 is 22.5 Å². The number of aromatic nitrogens is 1. The smallest absolute Gasteiger partial charge is 0.253 e. The number of H-pyrrole nitrogens is 1. The van der Waals surface area contributed by atoms with E-state index in [-0.39, 0.29) is 18.1 Å². The number of methoxy groups -OCH3 is 1. The maximum Gasteiger partial charge on any atom is 0.253 e. The fourth-order valence-electron chi connectivity index (χ4n) is 2.87. The lowest BCUT2D eigenvalue weighted by Gasteiger charge is -2.12. The number of aromatic amines is 1. The van der Waals surface area contributed by atoms with E-state index in [1.807, 2.05) is 18.2 Å². The van der Waals surface area contributed by atoms with Crippen LogP contribution in [0.3, 0.4) is 0 Å². The van der Waals surface area contributed by atoms with E-state index in [2.05, 4.69) is 10.3 Å². The Balaban J connectivity index is 1.77.